The minimum atomic E-state index is -3.64. The second kappa shape index (κ2) is 7.51. The first-order valence-electron chi connectivity index (χ1n) is 7.01. The van der Waals surface area contributed by atoms with Gasteiger partial charge in [-0.25, -0.2) is 13.6 Å². The summed E-state index contributed by atoms with van der Waals surface area (Å²) >= 11 is 0. The van der Waals surface area contributed by atoms with Gasteiger partial charge in [0, 0.05) is 0 Å². The third-order valence-corrected chi connectivity index (χ3v) is 4.37. The Bertz CT molecular complexity index is 685. The normalized spacial score (nSPS) is 13.0. The van der Waals surface area contributed by atoms with Crippen LogP contribution in [-0.2, 0) is 16.4 Å². The second-order valence-corrected chi connectivity index (χ2v) is 6.60. The second-order valence-electron chi connectivity index (χ2n) is 5.04. The quantitative estimate of drug-likeness (QED) is 0.715. The molecule has 0 heterocycles. The number of primary sulfonamides is 1. The summed E-state index contributed by atoms with van der Waals surface area (Å²) in [6, 6.07) is 16.1. The van der Waals surface area contributed by atoms with Crippen molar-refractivity contribution in [2.45, 2.75) is 17.4 Å². The van der Waals surface area contributed by atoms with Crippen molar-refractivity contribution < 1.29 is 13.5 Å². The molecule has 2 aromatic carbocycles. The monoisotopic (exact) mass is 320 g/mol. The van der Waals surface area contributed by atoms with E-state index in [4.69, 9.17) is 5.14 Å². The van der Waals surface area contributed by atoms with Gasteiger partial charge in [0.2, 0.25) is 10.0 Å². The molecular weight excluding hydrogens is 300 g/mol. The fourth-order valence-electron chi connectivity index (χ4n) is 2.21. The molecule has 0 aromatic heterocycles. The highest BCUT2D eigenvalue weighted by Crippen LogP contribution is 2.12. The first-order chi connectivity index (χ1) is 10.5. The molecule has 4 N–H and O–H groups in total. The number of hydrogen-bond donors (Lipinski definition) is 3. The van der Waals surface area contributed by atoms with Crippen molar-refractivity contribution >= 4 is 10.0 Å². The molecular formula is C16H20N2O3S. The van der Waals surface area contributed by atoms with E-state index in [0.717, 1.165) is 17.5 Å². The van der Waals surface area contributed by atoms with E-state index in [9.17, 15) is 13.5 Å². The molecule has 0 fully saturated rings. The van der Waals surface area contributed by atoms with Gasteiger partial charge in [-0.2, -0.15) is 0 Å². The van der Waals surface area contributed by atoms with Crippen molar-refractivity contribution in [3.05, 3.63) is 65.7 Å². The zero-order valence-electron chi connectivity index (χ0n) is 12.1. The molecule has 5 nitrogen and oxygen atoms in total. The van der Waals surface area contributed by atoms with Crippen LogP contribution >= 0.6 is 0 Å². The van der Waals surface area contributed by atoms with Gasteiger partial charge in [0.05, 0.1) is 17.5 Å². The van der Waals surface area contributed by atoms with E-state index in [1.54, 1.807) is 12.1 Å². The number of benzene rings is 2. The third kappa shape index (κ3) is 4.64. The predicted octanol–water partition coefficient (Wildman–Crippen LogP) is 1.20. The summed E-state index contributed by atoms with van der Waals surface area (Å²) in [5, 5.41) is 17.8. The summed E-state index contributed by atoms with van der Waals surface area (Å²) in [6.45, 7) is 0.698. The van der Waals surface area contributed by atoms with Crippen LogP contribution in [-0.4, -0.2) is 26.7 Å². The van der Waals surface area contributed by atoms with Crippen LogP contribution in [0.15, 0.2) is 59.5 Å². The fraction of sp³-hybridized carbons (Fsp3) is 0.250. The summed E-state index contributed by atoms with van der Waals surface area (Å²) < 4.78 is 22.4. The average Bonchev–Trinajstić information content (AvgIpc) is 2.52. The van der Waals surface area contributed by atoms with Crippen molar-refractivity contribution in [3.8, 4) is 0 Å². The molecule has 6 heteroatoms. The Balaban J connectivity index is 1.90. The predicted molar refractivity (Wildman–Crippen MR) is 85.8 cm³/mol. The number of nitrogens with one attached hydrogen (secondary N) is 1. The SMILES string of the molecule is NS(=O)(=O)c1ccc(CCNC(CO)c2ccccc2)cc1. The van der Waals surface area contributed by atoms with Crippen LogP contribution in [0.25, 0.3) is 0 Å². The third-order valence-electron chi connectivity index (χ3n) is 3.44. The molecule has 0 amide bonds. The van der Waals surface area contributed by atoms with E-state index in [1.165, 1.54) is 12.1 Å². The molecule has 0 bridgehead atoms. The highest BCUT2D eigenvalue weighted by atomic mass is 32.2. The molecule has 2 rings (SSSR count). The largest absolute Gasteiger partial charge is 0.394 e. The van der Waals surface area contributed by atoms with Gasteiger partial charge in [-0.3, -0.25) is 0 Å². The van der Waals surface area contributed by atoms with E-state index >= 15 is 0 Å². The van der Waals surface area contributed by atoms with Crippen LogP contribution < -0.4 is 10.5 Å². The maximum atomic E-state index is 11.2. The van der Waals surface area contributed by atoms with E-state index < -0.39 is 10.0 Å². The lowest BCUT2D eigenvalue weighted by Crippen LogP contribution is -2.26. The van der Waals surface area contributed by atoms with E-state index in [2.05, 4.69) is 5.32 Å². The number of aliphatic hydroxyl groups excluding tert-OH is 1. The van der Waals surface area contributed by atoms with Crippen molar-refractivity contribution in [1.82, 2.24) is 5.32 Å². The number of sulfonamides is 1. The fourth-order valence-corrected chi connectivity index (χ4v) is 2.73. The zero-order valence-corrected chi connectivity index (χ0v) is 13.0. The van der Waals surface area contributed by atoms with E-state index in [0.29, 0.717) is 6.54 Å². The van der Waals surface area contributed by atoms with Crippen molar-refractivity contribution in [1.29, 1.82) is 0 Å². The molecule has 118 valence electrons. The van der Waals surface area contributed by atoms with Gasteiger partial charge in [0.1, 0.15) is 0 Å². The smallest absolute Gasteiger partial charge is 0.238 e. The molecule has 0 radical (unpaired) electrons. The molecule has 0 saturated carbocycles. The Morgan fingerprint density at radius 1 is 1.05 bits per heavy atom. The van der Waals surface area contributed by atoms with Crippen LogP contribution in [0.3, 0.4) is 0 Å². The molecule has 1 atom stereocenters. The molecule has 0 spiro atoms. The molecule has 1 unspecified atom stereocenters. The van der Waals surface area contributed by atoms with Gasteiger partial charge in [-0.15, -0.1) is 0 Å². The number of hydrogen-bond acceptors (Lipinski definition) is 4. The summed E-state index contributed by atoms with van der Waals surface area (Å²) in [6.07, 6.45) is 0.730. The molecule has 0 aliphatic carbocycles. The van der Waals surface area contributed by atoms with Gasteiger partial charge in [0.15, 0.2) is 0 Å². The van der Waals surface area contributed by atoms with Gasteiger partial charge in [-0.1, -0.05) is 42.5 Å². The summed E-state index contributed by atoms with van der Waals surface area (Å²) in [5.41, 5.74) is 2.04. The van der Waals surface area contributed by atoms with Crippen LogP contribution in [0.4, 0.5) is 0 Å². The van der Waals surface area contributed by atoms with Gasteiger partial charge in [0.25, 0.3) is 0 Å². The first kappa shape index (κ1) is 16.6. The van der Waals surface area contributed by atoms with Gasteiger partial charge in [-0.05, 0) is 36.2 Å². The highest BCUT2D eigenvalue weighted by molar-refractivity contribution is 7.89. The molecule has 0 aliphatic rings. The minimum absolute atomic E-state index is 0.0222. The van der Waals surface area contributed by atoms with E-state index in [-0.39, 0.29) is 17.5 Å². The Morgan fingerprint density at radius 2 is 1.68 bits per heavy atom. The van der Waals surface area contributed by atoms with Crippen molar-refractivity contribution in [2.75, 3.05) is 13.2 Å². The lowest BCUT2D eigenvalue weighted by molar-refractivity contribution is 0.245. The van der Waals surface area contributed by atoms with Crippen LogP contribution in [0, 0.1) is 0 Å². The topological polar surface area (TPSA) is 92.4 Å². The van der Waals surface area contributed by atoms with Crippen molar-refractivity contribution in [2.24, 2.45) is 5.14 Å². The Labute approximate surface area is 130 Å². The average molecular weight is 320 g/mol. The number of nitrogens with two attached hydrogens (primary N) is 1. The molecule has 2 aromatic rings. The maximum Gasteiger partial charge on any atom is 0.238 e. The Kier molecular flexibility index (Phi) is 5.68. The van der Waals surface area contributed by atoms with Crippen LogP contribution in [0.2, 0.25) is 0 Å². The Morgan fingerprint density at radius 3 is 2.23 bits per heavy atom. The summed E-state index contributed by atoms with van der Waals surface area (Å²) in [4.78, 5) is 0.113. The lowest BCUT2D eigenvalue weighted by Gasteiger charge is -2.16. The van der Waals surface area contributed by atoms with Crippen LogP contribution in [0.1, 0.15) is 17.2 Å². The zero-order chi connectivity index (χ0) is 16.0. The molecule has 0 saturated heterocycles. The lowest BCUT2D eigenvalue weighted by atomic mass is 10.1. The van der Waals surface area contributed by atoms with Gasteiger partial charge >= 0.3 is 0 Å². The summed E-state index contributed by atoms with van der Waals surface area (Å²) in [5.74, 6) is 0. The Hall–Kier alpha value is -1.73. The first-order valence-corrected chi connectivity index (χ1v) is 8.56. The molecule has 22 heavy (non-hydrogen) atoms. The maximum absolute atomic E-state index is 11.2. The number of aliphatic hydroxyl groups is 1. The van der Waals surface area contributed by atoms with Crippen molar-refractivity contribution in [3.63, 3.8) is 0 Å². The summed E-state index contributed by atoms with van der Waals surface area (Å²) in [7, 11) is -3.64. The number of rotatable bonds is 7. The van der Waals surface area contributed by atoms with Crippen LogP contribution in [0.5, 0.6) is 0 Å². The standard InChI is InChI=1S/C16H20N2O3S/c17-22(20,21)15-8-6-13(7-9-15)10-11-18-16(12-19)14-4-2-1-3-5-14/h1-9,16,18-19H,10-12H2,(H2,17,20,21). The van der Waals surface area contributed by atoms with Gasteiger partial charge < -0.3 is 10.4 Å². The molecule has 0 aliphatic heterocycles. The highest BCUT2D eigenvalue weighted by Gasteiger charge is 2.09. The van der Waals surface area contributed by atoms with E-state index in [1.807, 2.05) is 30.3 Å². The minimum Gasteiger partial charge on any atom is -0.394 e.